The molecule has 0 spiro atoms. The molecule has 17 heteroatoms. The van der Waals surface area contributed by atoms with Gasteiger partial charge in [0.2, 0.25) is 17.7 Å². The fourth-order valence-corrected chi connectivity index (χ4v) is 6.21. The van der Waals surface area contributed by atoms with Crippen LogP contribution in [-0.4, -0.2) is 93.1 Å². The summed E-state index contributed by atoms with van der Waals surface area (Å²) in [7, 11) is 0. The summed E-state index contributed by atoms with van der Waals surface area (Å²) in [5.74, 6) is -3.75. The number of fused-ring (bicyclic) bond motifs is 1. The largest absolute Gasteiger partial charge is 0.490 e. The van der Waals surface area contributed by atoms with Crippen LogP contribution in [-0.2, 0) is 43.4 Å². The first-order valence-corrected chi connectivity index (χ1v) is 17.5. The van der Waals surface area contributed by atoms with E-state index in [1.165, 1.54) is 13.3 Å². The molecule has 3 amide bonds. The molecule has 5 rings (SSSR count). The number of likely N-dealkylation sites (tertiary alicyclic amines) is 1. The van der Waals surface area contributed by atoms with Crippen LogP contribution in [0.1, 0.15) is 43.0 Å². The molecule has 4 atom stereocenters. The Labute approximate surface area is 315 Å². The molecule has 8 N–H and O–H groups in total. The van der Waals surface area contributed by atoms with Crippen LogP contribution in [0.2, 0.25) is 0 Å². The Balaban J connectivity index is 0.000000876. The number of benzene rings is 3. The standard InChI is InChI=1S/C36H44N8O4.C2HF3O2/c1-24(45)42-32(18-29-20-39-23-41-29)34(46)43-33(17-25-8-3-2-4-9-25)35(47)44-21-31(19-30(44)12-7-15-40-36(37)38)48-22-26-13-14-27-10-5-6-11-28(27)16-26;3-2(4,5)1(6)7/h2-6,8-11,13-14,16,20,23,30-33H,7,12,15,17-19,21-22H2,1H3,(H,39,41)(H,42,45)(H,43,46)(H4,37,38,40);(H,6,7)/t30-,31+,32+,33+;/m0./s1. The molecular weight excluding hydrogens is 721 g/mol. The predicted molar refractivity (Wildman–Crippen MR) is 198 cm³/mol. The number of alkyl halides is 3. The Kier molecular flexibility index (Phi) is 15.1. The average molecular weight is 767 g/mol. The molecule has 0 saturated carbocycles. The molecule has 1 aliphatic heterocycles. The molecular formula is C38H45F3N8O6. The number of aromatic amines is 1. The Morgan fingerprint density at radius 1 is 0.982 bits per heavy atom. The van der Waals surface area contributed by atoms with Gasteiger partial charge in [0, 0.05) is 50.8 Å². The minimum Gasteiger partial charge on any atom is -0.475 e. The number of carboxylic acids is 1. The molecule has 1 saturated heterocycles. The van der Waals surface area contributed by atoms with Gasteiger partial charge in [-0.1, -0.05) is 66.7 Å². The molecule has 55 heavy (non-hydrogen) atoms. The van der Waals surface area contributed by atoms with Crippen LogP contribution in [0.5, 0.6) is 0 Å². The SMILES string of the molecule is CC(=O)N[C@H](Cc1cnc[nH]1)C(=O)N[C@H](Cc1ccccc1)C(=O)N1C[C@H](OCc2ccc3ccccc3c2)C[C@@H]1CCCN=C(N)N.O=C(O)C(F)(F)F. The lowest BCUT2D eigenvalue weighted by molar-refractivity contribution is -0.192. The van der Waals surface area contributed by atoms with E-state index < -0.39 is 30.1 Å². The van der Waals surface area contributed by atoms with Crippen molar-refractivity contribution >= 4 is 40.4 Å². The highest BCUT2D eigenvalue weighted by atomic mass is 19.4. The van der Waals surface area contributed by atoms with Gasteiger partial charge in [0.25, 0.3) is 0 Å². The number of aromatic nitrogens is 2. The van der Waals surface area contributed by atoms with Gasteiger partial charge in [-0.3, -0.25) is 19.4 Å². The normalized spacial score (nSPS) is 16.3. The first-order valence-electron chi connectivity index (χ1n) is 17.5. The average Bonchev–Trinajstić information content (AvgIpc) is 3.81. The number of guanidine groups is 1. The minimum atomic E-state index is -5.08. The Bertz CT molecular complexity index is 1910. The lowest BCUT2D eigenvalue weighted by Gasteiger charge is -2.30. The third-order valence-corrected chi connectivity index (χ3v) is 8.76. The van der Waals surface area contributed by atoms with Crippen molar-refractivity contribution in [3.05, 3.63) is 102 Å². The van der Waals surface area contributed by atoms with Crippen molar-refractivity contribution in [2.75, 3.05) is 13.1 Å². The number of hydrogen-bond acceptors (Lipinski definition) is 7. The number of carboxylic acid groups (broad SMARTS) is 1. The third-order valence-electron chi connectivity index (χ3n) is 8.76. The van der Waals surface area contributed by atoms with Crippen molar-refractivity contribution in [1.29, 1.82) is 0 Å². The van der Waals surface area contributed by atoms with E-state index in [1.807, 2.05) is 47.4 Å². The quantitative estimate of drug-likeness (QED) is 0.0594. The van der Waals surface area contributed by atoms with Crippen LogP contribution < -0.4 is 22.1 Å². The monoisotopic (exact) mass is 766 g/mol. The number of hydrogen-bond donors (Lipinski definition) is 6. The van der Waals surface area contributed by atoms with Crippen molar-refractivity contribution in [3.63, 3.8) is 0 Å². The molecule has 1 fully saturated rings. The van der Waals surface area contributed by atoms with Gasteiger partial charge in [-0.15, -0.1) is 0 Å². The zero-order valence-electron chi connectivity index (χ0n) is 30.2. The number of rotatable bonds is 15. The van der Waals surface area contributed by atoms with E-state index in [-0.39, 0.29) is 42.8 Å². The van der Waals surface area contributed by atoms with Gasteiger partial charge >= 0.3 is 12.1 Å². The van der Waals surface area contributed by atoms with E-state index >= 15 is 0 Å². The maximum atomic E-state index is 14.4. The Morgan fingerprint density at radius 2 is 1.67 bits per heavy atom. The van der Waals surface area contributed by atoms with Crippen molar-refractivity contribution in [2.45, 2.75) is 76.0 Å². The van der Waals surface area contributed by atoms with Crippen molar-refractivity contribution in [3.8, 4) is 0 Å². The number of nitrogens with zero attached hydrogens (tertiary/aromatic N) is 3. The van der Waals surface area contributed by atoms with Crippen molar-refractivity contribution < 1.29 is 42.2 Å². The summed E-state index contributed by atoms with van der Waals surface area (Å²) in [5, 5.41) is 15.1. The second-order valence-corrected chi connectivity index (χ2v) is 13.0. The van der Waals surface area contributed by atoms with E-state index in [2.05, 4.69) is 55.9 Å². The molecule has 2 heterocycles. The van der Waals surface area contributed by atoms with Gasteiger partial charge in [0.15, 0.2) is 5.96 Å². The molecule has 1 aliphatic rings. The van der Waals surface area contributed by atoms with Crippen molar-refractivity contribution in [2.24, 2.45) is 16.5 Å². The van der Waals surface area contributed by atoms with Crippen molar-refractivity contribution in [1.82, 2.24) is 25.5 Å². The topological polar surface area (TPSA) is 218 Å². The molecule has 294 valence electrons. The summed E-state index contributed by atoms with van der Waals surface area (Å²) in [6, 6.07) is 22.1. The number of nitrogens with two attached hydrogens (primary N) is 2. The Hall–Kier alpha value is -5.97. The van der Waals surface area contributed by atoms with Crippen LogP contribution in [0.25, 0.3) is 10.8 Å². The second-order valence-electron chi connectivity index (χ2n) is 13.0. The highest BCUT2D eigenvalue weighted by molar-refractivity contribution is 5.92. The summed E-state index contributed by atoms with van der Waals surface area (Å²) in [5.41, 5.74) is 13.7. The Morgan fingerprint density at radius 3 is 2.31 bits per heavy atom. The van der Waals surface area contributed by atoms with Crippen LogP contribution in [0.15, 0.2) is 90.3 Å². The summed E-state index contributed by atoms with van der Waals surface area (Å²) in [4.78, 5) is 62.0. The number of halogens is 3. The van der Waals surface area contributed by atoms with Gasteiger partial charge in [0.1, 0.15) is 12.1 Å². The smallest absolute Gasteiger partial charge is 0.475 e. The van der Waals surface area contributed by atoms with Crippen LogP contribution in [0.4, 0.5) is 13.2 Å². The third kappa shape index (κ3) is 13.4. The molecule has 4 aromatic rings. The van der Waals surface area contributed by atoms with E-state index in [0.717, 1.165) is 21.9 Å². The fraction of sp³-hybridized carbons (Fsp3) is 0.368. The first kappa shape index (κ1) is 41.8. The number of ether oxygens (including phenoxy) is 1. The number of aliphatic carboxylic acids is 1. The molecule has 0 aliphatic carbocycles. The van der Waals surface area contributed by atoms with Crippen LogP contribution in [0.3, 0.4) is 0 Å². The number of nitrogens with one attached hydrogen (secondary N) is 3. The van der Waals surface area contributed by atoms with Gasteiger partial charge in [-0.05, 0) is 47.2 Å². The maximum Gasteiger partial charge on any atom is 0.490 e. The van der Waals surface area contributed by atoms with Gasteiger partial charge in [0.05, 0.1) is 19.0 Å². The summed E-state index contributed by atoms with van der Waals surface area (Å²) >= 11 is 0. The number of amides is 3. The van der Waals surface area contributed by atoms with E-state index in [4.69, 9.17) is 26.1 Å². The highest BCUT2D eigenvalue weighted by Crippen LogP contribution is 2.27. The highest BCUT2D eigenvalue weighted by Gasteiger charge is 2.40. The minimum absolute atomic E-state index is 0.0282. The zero-order chi connectivity index (χ0) is 40.0. The molecule has 1 aromatic heterocycles. The number of aliphatic imine (C=N–C) groups is 1. The predicted octanol–water partition coefficient (Wildman–Crippen LogP) is 3.21. The lowest BCUT2D eigenvalue weighted by atomic mass is 10.0. The molecule has 0 unspecified atom stereocenters. The maximum absolute atomic E-state index is 14.4. The summed E-state index contributed by atoms with van der Waals surface area (Å²) < 4.78 is 38.1. The fourth-order valence-electron chi connectivity index (χ4n) is 6.21. The van der Waals surface area contributed by atoms with E-state index in [9.17, 15) is 27.6 Å². The van der Waals surface area contributed by atoms with Gasteiger partial charge in [-0.25, -0.2) is 9.78 Å². The number of carbonyl (C=O) groups excluding carboxylic acids is 3. The number of H-pyrrole nitrogens is 1. The number of imidazole rings is 1. The lowest BCUT2D eigenvalue weighted by Crippen LogP contribution is -2.56. The van der Waals surface area contributed by atoms with E-state index in [1.54, 1.807) is 6.20 Å². The number of carbonyl (C=O) groups is 4. The van der Waals surface area contributed by atoms with E-state index in [0.29, 0.717) is 44.7 Å². The molecule has 3 aromatic carbocycles. The molecule has 0 radical (unpaired) electrons. The first-order chi connectivity index (χ1) is 26.2. The van der Waals surface area contributed by atoms with Gasteiger partial charge < -0.3 is 41.8 Å². The van der Waals surface area contributed by atoms with Crippen LogP contribution >= 0.6 is 0 Å². The second kappa shape index (κ2) is 19.9. The summed E-state index contributed by atoms with van der Waals surface area (Å²) in [6.07, 6.45) is 0.285. The zero-order valence-corrected chi connectivity index (χ0v) is 30.2. The van der Waals surface area contributed by atoms with Crippen LogP contribution in [0, 0.1) is 0 Å². The van der Waals surface area contributed by atoms with Gasteiger partial charge in [-0.2, -0.15) is 13.2 Å². The molecule has 0 bridgehead atoms. The summed E-state index contributed by atoms with van der Waals surface area (Å²) in [6.45, 7) is 2.59. The molecule has 14 nitrogen and oxygen atoms in total.